The molecule has 0 aromatic heterocycles. The van der Waals surface area contributed by atoms with Crippen molar-refractivity contribution < 1.29 is 12.8 Å². The Balaban J connectivity index is 2.19. The molecular weight excluding hydrogens is 337 g/mol. The van der Waals surface area contributed by atoms with Gasteiger partial charge in [0.1, 0.15) is 5.82 Å². The summed E-state index contributed by atoms with van der Waals surface area (Å²) < 4.78 is 43.6. The predicted octanol–water partition coefficient (Wildman–Crippen LogP) is 4.36. The second-order valence-corrected chi connectivity index (χ2v) is 7.18. The molecule has 0 spiro atoms. The van der Waals surface area contributed by atoms with Crippen LogP contribution in [-0.4, -0.2) is 14.1 Å². The topological polar surface area (TPSA) is 46.5 Å². The highest BCUT2D eigenvalue weighted by Gasteiger charge is 2.18. The zero-order chi connectivity index (χ0) is 17.9. The van der Waals surface area contributed by atoms with E-state index in [1.165, 1.54) is 24.3 Å². The zero-order valence-corrected chi connectivity index (χ0v) is 14.4. The fourth-order valence-corrected chi connectivity index (χ4v) is 3.42. The minimum Gasteiger partial charge on any atom is -0.206 e. The molecule has 0 bridgehead atoms. The summed E-state index contributed by atoms with van der Waals surface area (Å²) in [6.07, 6.45) is 0. The number of aryl methyl sites for hydroxylation is 1. The highest BCUT2D eigenvalue weighted by molar-refractivity contribution is 7.90. The van der Waals surface area contributed by atoms with Crippen molar-refractivity contribution in [3.05, 3.63) is 101 Å². The van der Waals surface area contributed by atoms with E-state index in [-0.39, 0.29) is 16.2 Å². The Bertz CT molecular complexity index is 1010. The number of benzene rings is 3. The maximum atomic E-state index is 14.3. The van der Waals surface area contributed by atoms with Crippen molar-refractivity contribution in [2.24, 2.45) is 4.40 Å². The predicted molar refractivity (Wildman–Crippen MR) is 96.8 cm³/mol. The molecule has 3 aromatic rings. The minimum absolute atomic E-state index is 0.0721. The lowest BCUT2D eigenvalue weighted by molar-refractivity contribution is 0.598. The lowest BCUT2D eigenvalue weighted by Gasteiger charge is -2.09. The van der Waals surface area contributed by atoms with Gasteiger partial charge in [-0.25, -0.2) is 4.39 Å². The van der Waals surface area contributed by atoms with E-state index in [4.69, 9.17) is 0 Å². The van der Waals surface area contributed by atoms with Gasteiger partial charge in [0.15, 0.2) is 0 Å². The van der Waals surface area contributed by atoms with Crippen LogP contribution in [0.2, 0.25) is 0 Å². The van der Waals surface area contributed by atoms with E-state index >= 15 is 0 Å². The standard InChI is InChI=1S/C20H16FNO2S/c1-15-11-13-17(14-12-15)25(23,24)22-20(16-7-3-2-4-8-16)18-9-5-6-10-19(18)21/h2-14H,1H3/b22-20+. The molecule has 25 heavy (non-hydrogen) atoms. The number of hydrogen-bond donors (Lipinski definition) is 0. The molecule has 5 heteroatoms. The van der Waals surface area contributed by atoms with Crippen LogP contribution in [0.1, 0.15) is 16.7 Å². The van der Waals surface area contributed by atoms with Gasteiger partial charge in [-0.1, -0.05) is 60.2 Å². The molecule has 0 fully saturated rings. The van der Waals surface area contributed by atoms with E-state index in [1.807, 2.05) is 6.92 Å². The van der Waals surface area contributed by atoms with Crippen LogP contribution in [0.15, 0.2) is 88.2 Å². The molecule has 0 heterocycles. The van der Waals surface area contributed by atoms with E-state index in [0.29, 0.717) is 5.56 Å². The fourth-order valence-electron chi connectivity index (χ4n) is 2.39. The van der Waals surface area contributed by atoms with Gasteiger partial charge >= 0.3 is 0 Å². The quantitative estimate of drug-likeness (QED) is 0.654. The van der Waals surface area contributed by atoms with Crippen LogP contribution >= 0.6 is 0 Å². The molecule has 0 radical (unpaired) electrons. The molecule has 0 N–H and O–H groups in total. The molecule has 0 aliphatic rings. The fraction of sp³-hybridized carbons (Fsp3) is 0.0500. The van der Waals surface area contributed by atoms with Crippen LogP contribution in [0.5, 0.6) is 0 Å². The second-order valence-electron chi connectivity index (χ2n) is 5.57. The summed E-state index contributed by atoms with van der Waals surface area (Å²) in [6.45, 7) is 1.87. The molecule has 0 amide bonds. The van der Waals surface area contributed by atoms with Crippen molar-refractivity contribution in [1.29, 1.82) is 0 Å². The summed E-state index contributed by atoms with van der Waals surface area (Å²) in [5.74, 6) is -0.524. The summed E-state index contributed by atoms with van der Waals surface area (Å²) in [7, 11) is -3.97. The maximum absolute atomic E-state index is 14.3. The van der Waals surface area contributed by atoms with Gasteiger partial charge in [0.05, 0.1) is 10.6 Å². The number of rotatable bonds is 4. The average Bonchev–Trinajstić information content (AvgIpc) is 2.61. The molecule has 0 aliphatic heterocycles. The van der Waals surface area contributed by atoms with E-state index < -0.39 is 15.8 Å². The Labute approximate surface area is 146 Å². The molecule has 0 aliphatic carbocycles. The van der Waals surface area contributed by atoms with Gasteiger partial charge in [-0.05, 0) is 31.2 Å². The number of hydrogen-bond acceptors (Lipinski definition) is 2. The van der Waals surface area contributed by atoms with Crippen LogP contribution in [0, 0.1) is 12.7 Å². The zero-order valence-electron chi connectivity index (χ0n) is 13.6. The molecule has 3 aromatic carbocycles. The van der Waals surface area contributed by atoms with Gasteiger partial charge in [0.2, 0.25) is 0 Å². The number of nitrogens with zero attached hydrogens (tertiary/aromatic N) is 1. The molecule has 0 unspecified atom stereocenters. The Morgan fingerprint density at radius 3 is 2.08 bits per heavy atom. The molecule has 0 atom stereocenters. The third kappa shape index (κ3) is 3.83. The summed E-state index contributed by atoms with van der Waals surface area (Å²) in [5.41, 5.74) is 1.70. The highest BCUT2D eigenvalue weighted by Crippen LogP contribution is 2.19. The molecule has 0 saturated carbocycles. The maximum Gasteiger partial charge on any atom is 0.282 e. The molecule has 0 saturated heterocycles. The van der Waals surface area contributed by atoms with E-state index in [2.05, 4.69) is 4.40 Å². The monoisotopic (exact) mass is 353 g/mol. The van der Waals surface area contributed by atoms with E-state index in [0.717, 1.165) is 5.56 Å². The smallest absolute Gasteiger partial charge is 0.206 e. The van der Waals surface area contributed by atoms with Crippen LogP contribution < -0.4 is 0 Å². The molecular formula is C20H16FNO2S. The first-order chi connectivity index (χ1) is 12.0. The Hall–Kier alpha value is -2.79. The SMILES string of the molecule is Cc1ccc(S(=O)(=O)/N=C(\c2ccccc2)c2ccccc2F)cc1. The van der Waals surface area contributed by atoms with Gasteiger partial charge < -0.3 is 0 Å². The summed E-state index contributed by atoms with van der Waals surface area (Å²) in [6, 6.07) is 21.1. The van der Waals surface area contributed by atoms with E-state index in [9.17, 15) is 12.8 Å². The van der Waals surface area contributed by atoms with Gasteiger partial charge in [-0.3, -0.25) is 0 Å². The number of halogens is 1. The first-order valence-electron chi connectivity index (χ1n) is 7.69. The normalized spacial score (nSPS) is 12.2. The average molecular weight is 353 g/mol. The van der Waals surface area contributed by atoms with Crippen LogP contribution in [-0.2, 0) is 10.0 Å². The van der Waals surface area contributed by atoms with Crippen molar-refractivity contribution in [2.45, 2.75) is 11.8 Å². The Kier molecular flexibility index (Phi) is 4.76. The third-order valence-electron chi connectivity index (χ3n) is 3.71. The molecule has 126 valence electrons. The van der Waals surface area contributed by atoms with Crippen molar-refractivity contribution in [3.8, 4) is 0 Å². The summed E-state index contributed by atoms with van der Waals surface area (Å²) >= 11 is 0. The summed E-state index contributed by atoms with van der Waals surface area (Å²) in [4.78, 5) is 0.0721. The van der Waals surface area contributed by atoms with Gasteiger partial charge in [0, 0.05) is 11.1 Å². The first kappa shape index (κ1) is 17.0. The van der Waals surface area contributed by atoms with Crippen LogP contribution in [0.25, 0.3) is 0 Å². The van der Waals surface area contributed by atoms with Gasteiger partial charge in [-0.2, -0.15) is 12.8 Å². The van der Waals surface area contributed by atoms with Crippen LogP contribution in [0.3, 0.4) is 0 Å². The van der Waals surface area contributed by atoms with Gasteiger partial charge in [0.25, 0.3) is 10.0 Å². The molecule has 3 rings (SSSR count). The Morgan fingerprint density at radius 1 is 0.840 bits per heavy atom. The second kappa shape index (κ2) is 6.99. The lowest BCUT2D eigenvalue weighted by atomic mass is 10.0. The number of sulfonamides is 1. The Morgan fingerprint density at radius 2 is 1.44 bits per heavy atom. The van der Waals surface area contributed by atoms with E-state index in [1.54, 1.807) is 54.6 Å². The van der Waals surface area contributed by atoms with Crippen molar-refractivity contribution in [1.82, 2.24) is 0 Å². The van der Waals surface area contributed by atoms with Gasteiger partial charge in [-0.15, -0.1) is 0 Å². The van der Waals surface area contributed by atoms with Crippen LogP contribution in [0.4, 0.5) is 4.39 Å². The molecule has 3 nitrogen and oxygen atoms in total. The first-order valence-corrected chi connectivity index (χ1v) is 9.13. The van der Waals surface area contributed by atoms with Crippen molar-refractivity contribution in [2.75, 3.05) is 0 Å². The highest BCUT2D eigenvalue weighted by atomic mass is 32.2. The lowest BCUT2D eigenvalue weighted by Crippen LogP contribution is -2.10. The minimum atomic E-state index is -3.97. The third-order valence-corrected chi connectivity index (χ3v) is 5.00. The van der Waals surface area contributed by atoms with Crippen molar-refractivity contribution in [3.63, 3.8) is 0 Å². The summed E-state index contributed by atoms with van der Waals surface area (Å²) in [5, 5.41) is 0. The largest absolute Gasteiger partial charge is 0.282 e. The van der Waals surface area contributed by atoms with Crippen molar-refractivity contribution >= 4 is 15.7 Å².